The molecule has 0 atom stereocenters. The van der Waals surface area contributed by atoms with Crippen LogP contribution in [0.5, 0.6) is 5.75 Å². The average molecular weight is 333 g/mol. The van der Waals surface area contributed by atoms with Crippen LogP contribution in [0.1, 0.15) is 10.4 Å². The van der Waals surface area contributed by atoms with E-state index >= 15 is 0 Å². The van der Waals surface area contributed by atoms with Crippen molar-refractivity contribution >= 4 is 52.1 Å². The molecule has 0 saturated heterocycles. The minimum Gasteiger partial charge on any atom is -0.484 e. The predicted molar refractivity (Wildman–Crippen MR) is 82.4 cm³/mol. The van der Waals surface area contributed by atoms with Crippen molar-refractivity contribution in [1.29, 1.82) is 0 Å². The van der Waals surface area contributed by atoms with Crippen molar-refractivity contribution in [3.63, 3.8) is 0 Å². The molecule has 0 radical (unpaired) electrons. The van der Waals surface area contributed by atoms with E-state index < -0.39 is 0 Å². The van der Waals surface area contributed by atoms with Gasteiger partial charge in [-0.1, -0.05) is 35.3 Å². The van der Waals surface area contributed by atoms with Gasteiger partial charge in [-0.25, -0.2) is 0 Å². The van der Waals surface area contributed by atoms with Gasteiger partial charge in [0.25, 0.3) is 0 Å². The van der Waals surface area contributed by atoms with Crippen LogP contribution < -0.4 is 4.74 Å². The summed E-state index contributed by atoms with van der Waals surface area (Å²) in [6.07, 6.45) is 1.96. The van der Waals surface area contributed by atoms with Crippen LogP contribution in [0.3, 0.4) is 0 Å². The highest BCUT2D eigenvalue weighted by molar-refractivity contribution is 7.98. The zero-order valence-corrected chi connectivity index (χ0v) is 13.1. The summed E-state index contributed by atoms with van der Waals surface area (Å²) in [5.41, 5.74) is 0.415. The standard InChI is InChI=1S/C13H10Cl2O2S2/c1-18-11-5-3-2-4-10(11)17-7-9(16)8-6-12(14)19-13(8)15/h2-6H,7H2,1H3. The molecule has 0 N–H and O–H groups in total. The number of Topliss-reactive ketones (excluding diaryl/α,β-unsaturated/α-hetero) is 1. The Kier molecular flexibility index (Phi) is 5.16. The van der Waals surface area contributed by atoms with Crippen LogP contribution in [0.4, 0.5) is 0 Å². The summed E-state index contributed by atoms with van der Waals surface area (Å²) in [5.74, 6) is 0.518. The first-order valence-corrected chi connectivity index (χ1v) is 8.15. The fraction of sp³-hybridized carbons (Fsp3) is 0.154. The third-order valence-corrected chi connectivity index (χ3v) is 4.65. The van der Waals surface area contributed by atoms with Crippen LogP contribution in [-0.2, 0) is 0 Å². The van der Waals surface area contributed by atoms with E-state index in [0.29, 0.717) is 20.0 Å². The Bertz CT molecular complexity index is 596. The van der Waals surface area contributed by atoms with Gasteiger partial charge in [-0.05, 0) is 24.5 Å². The van der Waals surface area contributed by atoms with Gasteiger partial charge in [-0.3, -0.25) is 4.79 Å². The van der Waals surface area contributed by atoms with Crippen molar-refractivity contribution in [2.45, 2.75) is 4.90 Å². The summed E-state index contributed by atoms with van der Waals surface area (Å²) in [6, 6.07) is 9.14. The smallest absolute Gasteiger partial charge is 0.202 e. The Balaban J connectivity index is 2.06. The Morgan fingerprint density at radius 1 is 1.37 bits per heavy atom. The van der Waals surface area contributed by atoms with Gasteiger partial charge < -0.3 is 4.74 Å². The number of benzene rings is 1. The Hall–Kier alpha value is -0.680. The van der Waals surface area contributed by atoms with Crippen LogP contribution in [0.2, 0.25) is 8.67 Å². The van der Waals surface area contributed by atoms with E-state index in [0.717, 1.165) is 4.90 Å². The molecule has 0 unspecified atom stereocenters. The number of ketones is 1. The second kappa shape index (κ2) is 6.66. The molecule has 100 valence electrons. The molecule has 2 rings (SSSR count). The zero-order valence-electron chi connectivity index (χ0n) is 9.98. The number of thioether (sulfide) groups is 1. The van der Waals surface area contributed by atoms with Crippen molar-refractivity contribution in [2.75, 3.05) is 12.9 Å². The van der Waals surface area contributed by atoms with Crippen molar-refractivity contribution < 1.29 is 9.53 Å². The topological polar surface area (TPSA) is 26.3 Å². The van der Waals surface area contributed by atoms with Crippen LogP contribution >= 0.6 is 46.3 Å². The molecule has 1 aromatic heterocycles. The summed E-state index contributed by atoms with van der Waals surface area (Å²) in [5, 5.41) is 0. The molecule has 0 aliphatic heterocycles. The lowest BCUT2D eigenvalue weighted by Gasteiger charge is -2.08. The molecule has 0 aliphatic rings. The maximum Gasteiger partial charge on any atom is 0.202 e. The van der Waals surface area contributed by atoms with E-state index in [1.807, 2.05) is 30.5 Å². The molecule has 2 nitrogen and oxygen atoms in total. The second-order valence-electron chi connectivity index (χ2n) is 3.60. The van der Waals surface area contributed by atoms with Gasteiger partial charge in [0.15, 0.2) is 6.61 Å². The summed E-state index contributed by atoms with van der Waals surface area (Å²) in [7, 11) is 0. The fourth-order valence-electron chi connectivity index (χ4n) is 1.49. The SMILES string of the molecule is CSc1ccccc1OCC(=O)c1cc(Cl)sc1Cl. The number of carbonyl (C=O) groups excluding carboxylic acids is 1. The Morgan fingerprint density at radius 2 is 2.11 bits per heavy atom. The maximum atomic E-state index is 12.0. The Morgan fingerprint density at radius 3 is 2.74 bits per heavy atom. The zero-order chi connectivity index (χ0) is 13.8. The number of rotatable bonds is 5. The van der Waals surface area contributed by atoms with E-state index in [4.69, 9.17) is 27.9 Å². The average Bonchev–Trinajstić information content (AvgIpc) is 2.75. The van der Waals surface area contributed by atoms with Crippen molar-refractivity contribution in [3.05, 3.63) is 44.6 Å². The fourth-order valence-corrected chi connectivity index (χ4v) is 3.53. The lowest BCUT2D eigenvalue weighted by molar-refractivity contribution is 0.0920. The normalized spacial score (nSPS) is 10.5. The molecule has 0 saturated carbocycles. The van der Waals surface area contributed by atoms with Crippen molar-refractivity contribution in [1.82, 2.24) is 0 Å². The Labute approximate surface area is 129 Å². The number of ether oxygens (including phenoxy) is 1. The first kappa shape index (κ1) is 14.7. The largest absolute Gasteiger partial charge is 0.484 e. The molecule has 2 aromatic rings. The first-order chi connectivity index (χ1) is 9.11. The third kappa shape index (κ3) is 3.66. The molecule has 6 heteroatoms. The monoisotopic (exact) mass is 332 g/mol. The third-order valence-electron chi connectivity index (χ3n) is 2.38. The number of para-hydroxylation sites is 1. The van der Waals surface area contributed by atoms with Gasteiger partial charge in [-0.2, -0.15) is 0 Å². The molecule has 0 aliphatic carbocycles. The van der Waals surface area contributed by atoms with E-state index in [1.54, 1.807) is 17.8 Å². The minimum absolute atomic E-state index is 0.0512. The summed E-state index contributed by atoms with van der Waals surface area (Å²) in [4.78, 5) is 13.0. The summed E-state index contributed by atoms with van der Waals surface area (Å²) >= 11 is 14.5. The lowest BCUT2D eigenvalue weighted by Crippen LogP contribution is -2.11. The van der Waals surface area contributed by atoms with Gasteiger partial charge in [0.2, 0.25) is 5.78 Å². The van der Waals surface area contributed by atoms with Crippen LogP contribution in [0, 0.1) is 0 Å². The number of hydrogen-bond donors (Lipinski definition) is 0. The quantitative estimate of drug-likeness (QED) is 0.566. The number of carbonyl (C=O) groups is 1. The number of hydrogen-bond acceptors (Lipinski definition) is 4. The maximum absolute atomic E-state index is 12.0. The first-order valence-electron chi connectivity index (χ1n) is 5.35. The molecule has 1 aromatic carbocycles. The van der Waals surface area contributed by atoms with Crippen LogP contribution in [0.15, 0.2) is 35.2 Å². The second-order valence-corrected chi connectivity index (χ2v) is 6.73. The highest BCUT2D eigenvalue weighted by Crippen LogP contribution is 2.32. The summed E-state index contributed by atoms with van der Waals surface area (Å²) < 4.78 is 6.44. The van der Waals surface area contributed by atoms with Crippen molar-refractivity contribution in [2.24, 2.45) is 0 Å². The molecule has 0 amide bonds. The van der Waals surface area contributed by atoms with Crippen LogP contribution in [-0.4, -0.2) is 18.6 Å². The molecule has 0 bridgehead atoms. The lowest BCUT2D eigenvalue weighted by atomic mass is 10.2. The van der Waals surface area contributed by atoms with E-state index in [2.05, 4.69) is 0 Å². The van der Waals surface area contributed by atoms with E-state index in [9.17, 15) is 4.79 Å². The predicted octanol–water partition coefficient (Wildman–Crippen LogP) is 5.04. The highest BCUT2D eigenvalue weighted by Gasteiger charge is 2.15. The van der Waals surface area contributed by atoms with Gasteiger partial charge in [0.05, 0.1) is 9.90 Å². The molecule has 1 heterocycles. The molecule has 0 spiro atoms. The van der Waals surface area contributed by atoms with Crippen molar-refractivity contribution in [3.8, 4) is 5.75 Å². The number of halogens is 2. The number of thiophene rings is 1. The molecular formula is C13H10Cl2O2S2. The summed E-state index contributed by atoms with van der Waals surface area (Å²) in [6.45, 7) is -0.0512. The molecule has 19 heavy (non-hydrogen) atoms. The molecular weight excluding hydrogens is 323 g/mol. The van der Waals surface area contributed by atoms with Gasteiger partial charge in [0, 0.05) is 4.90 Å². The van der Waals surface area contributed by atoms with E-state index in [1.165, 1.54) is 11.3 Å². The molecule has 0 fully saturated rings. The van der Waals surface area contributed by atoms with Gasteiger partial charge in [0.1, 0.15) is 10.1 Å². The van der Waals surface area contributed by atoms with Crippen LogP contribution in [0.25, 0.3) is 0 Å². The van der Waals surface area contributed by atoms with E-state index in [-0.39, 0.29) is 12.4 Å². The van der Waals surface area contributed by atoms with Gasteiger partial charge in [-0.15, -0.1) is 23.1 Å². The minimum atomic E-state index is -0.177. The van der Waals surface area contributed by atoms with Gasteiger partial charge >= 0.3 is 0 Å². The highest BCUT2D eigenvalue weighted by atomic mass is 35.5.